The van der Waals surface area contributed by atoms with Gasteiger partial charge in [-0.25, -0.2) is 0 Å². The van der Waals surface area contributed by atoms with Crippen LogP contribution in [-0.2, 0) is 4.79 Å². The van der Waals surface area contributed by atoms with Gasteiger partial charge in [0.15, 0.2) is 0 Å². The van der Waals surface area contributed by atoms with E-state index in [0.29, 0.717) is 12.6 Å². The number of nitrogens with zero attached hydrogens (tertiary/aromatic N) is 3. The van der Waals surface area contributed by atoms with Crippen molar-refractivity contribution in [1.82, 2.24) is 14.8 Å². The number of carboxylic acids is 1. The highest BCUT2D eigenvalue weighted by atomic mass is 16.4. The molecule has 1 saturated heterocycles. The van der Waals surface area contributed by atoms with Gasteiger partial charge in [-0.3, -0.25) is 14.7 Å². The third-order valence-corrected chi connectivity index (χ3v) is 3.76. The zero-order valence-corrected chi connectivity index (χ0v) is 11.3. The first-order valence-corrected chi connectivity index (χ1v) is 6.75. The Bertz CT molecular complexity index is 402. The molecule has 1 fully saturated rings. The first-order valence-electron chi connectivity index (χ1n) is 6.75. The van der Waals surface area contributed by atoms with Gasteiger partial charge in [0.1, 0.15) is 0 Å². The number of piperazine rings is 1. The van der Waals surface area contributed by atoms with Gasteiger partial charge in [0.05, 0.1) is 6.42 Å². The van der Waals surface area contributed by atoms with Crippen LogP contribution in [0.5, 0.6) is 0 Å². The van der Waals surface area contributed by atoms with Crippen molar-refractivity contribution in [3.8, 4) is 0 Å². The molecule has 1 aliphatic rings. The van der Waals surface area contributed by atoms with Crippen LogP contribution in [-0.4, -0.2) is 58.6 Å². The maximum atomic E-state index is 10.6. The van der Waals surface area contributed by atoms with Gasteiger partial charge in [0.25, 0.3) is 0 Å². The molecule has 19 heavy (non-hydrogen) atoms. The number of pyridine rings is 1. The fraction of sp³-hybridized carbons (Fsp3) is 0.571. The van der Waals surface area contributed by atoms with Gasteiger partial charge in [-0.1, -0.05) is 6.07 Å². The van der Waals surface area contributed by atoms with Gasteiger partial charge in [-0.05, 0) is 18.6 Å². The molecule has 1 aromatic rings. The molecule has 2 heterocycles. The molecular formula is C14H21N3O2. The lowest BCUT2D eigenvalue weighted by molar-refractivity contribution is -0.137. The molecule has 1 N–H and O–H groups in total. The maximum absolute atomic E-state index is 10.6. The summed E-state index contributed by atoms with van der Waals surface area (Å²) < 4.78 is 0. The number of aromatic nitrogens is 1. The Hall–Kier alpha value is -1.46. The Kier molecular flexibility index (Phi) is 4.87. The average molecular weight is 263 g/mol. The molecule has 1 aliphatic heterocycles. The van der Waals surface area contributed by atoms with E-state index >= 15 is 0 Å². The highest BCUT2D eigenvalue weighted by Gasteiger charge is 2.22. The summed E-state index contributed by atoms with van der Waals surface area (Å²) in [4.78, 5) is 19.4. The molecule has 5 heteroatoms. The third-order valence-electron chi connectivity index (χ3n) is 3.76. The van der Waals surface area contributed by atoms with E-state index in [0.717, 1.165) is 26.2 Å². The Labute approximate surface area is 113 Å². The maximum Gasteiger partial charge on any atom is 0.304 e. The summed E-state index contributed by atoms with van der Waals surface area (Å²) >= 11 is 0. The molecule has 0 bridgehead atoms. The lowest BCUT2D eigenvalue weighted by atomic mass is 10.1. The number of carboxylic acid groups (broad SMARTS) is 1. The molecule has 0 spiro atoms. The normalized spacial score (nSPS) is 19.2. The topological polar surface area (TPSA) is 56.7 Å². The quantitative estimate of drug-likeness (QED) is 0.866. The van der Waals surface area contributed by atoms with Crippen LogP contribution in [0.1, 0.15) is 24.9 Å². The average Bonchev–Trinajstić information content (AvgIpc) is 2.46. The van der Waals surface area contributed by atoms with Gasteiger partial charge in [0.2, 0.25) is 0 Å². The molecule has 0 aromatic carbocycles. The number of hydrogen-bond donors (Lipinski definition) is 1. The van der Waals surface area contributed by atoms with Crippen LogP contribution in [0, 0.1) is 0 Å². The summed E-state index contributed by atoms with van der Waals surface area (Å²) in [6.45, 7) is 6.70. The summed E-state index contributed by atoms with van der Waals surface area (Å²) in [5, 5.41) is 8.69. The van der Waals surface area contributed by atoms with E-state index in [1.165, 1.54) is 5.56 Å². The predicted octanol–water partition coefficient (Wildman–Crippen LogP) is 1.23. The van der Waals surface area contributed by atoms with E-state index in [2.05, 4.69) is 27.8 Å². The van der Waals surface area contributed by atoms with Crippen LogP contribution in [0.15, 0.2) is 24.5 Å². The summed E-state index contributed by atoms with van der Waals surface area (Å²) in [6, 6.07) is 4.44. The second-order valence-corrected chi connectivity index (χ2v) is 4.98. The van der Waals surface area contributed by atoms with E-state index < -0.39 is 5.97 Å². The number of carbonyl (C=O) groups is 1. The SMILES string of the molecule is CC(c1cccnc1)N1CCN(CCC(=O)O)CC1. The third kappa shape index (κ3) is 4.01. The number of aliphatic carboxylic acids is 1. The van der Waals surface area contributed by atoms with E-state index in [1.54, 1.807) is 6.20 Å². The van der Waals surface area contributed by atoms with Crippen LogP contribution in [0.25, 0.3) is 0 Å². The van der Waals surface area contributed by atoms with Crippen molar-refractivity contribution in [2.75, 3.05) is 32.7 Å². The molecular weight excluding hydrogens is 242 g/mol. The number of rotatable bonds is 5. The first kappa shape index (κ1) is 14.0. The van der Waals surface area contributed by atoms with Crippen molar-refractivity contribution in [1.29, 1.82) is 0 Å². The summed E-state index contributed by atoms with van der Waals surface area (Å²) in [5.74, 6) is -0.717. The van der Waals surface area contributed by atoms with Gasteiger partial charge in [-0.15, -0.1) is 0 Å². The van der Waals surface area contributed by atoms with Crippen molar-refractivity contribution in [2.24, 2.45) is 0 Å². The van der Waals surface area contributed by atoms with Gasteiger partial charge in [0, 0.05) is 51.2 Å². The Morgan fingerprint density at radius 3 is 2.74 bits per heavy atom. The number of hydrogen-bond acceptors (Lipinski definition) is 4. The largest absolute Gasteiger partial charge is 0.481 e. The fourth-order valence-corrected chi connectivity index (χ4v) is 2.46. The van der Waals surface area contributed by atoms with Crippen LogP contribution in [0.4, 0.5) is 0 Å². The molecule has 0 radical (unpaired) electrons. The molecule has 1 unspecified atom stereocenters. The summed E-state index contributed by atoms with van der Waals surface area (Å²) in [5.41, 5.74) is 1.24. The molecule has 1 atom stereocenters. The molecule has 0 saturated carbocycles. The molecule has 104 valence electrons. The van der Waals surface area contributed by atoms with Crippen LogP contribution in [0.3, 0.4) is 0 Å². The van der Waals surface area contributed by atoms with Crippen molar-refractivity contribution >= 4 is 5.97 Å². The van der Waals surface area contributed by atoms with Crippen LogP contribution < -0.4 is 0 Å². The van der Waals surface area contributed by atoms with E-state index in [-0.39, 0.29) is 6.42 Å². The molecule has 1 aromatic heterocycles. The second-order valence-electron chi connectivity index (χ2n) is 4.98. The fourth-order valence-electron chi connectivity index (χ4n) is 2.46. The van der Waals surface area contributed by atoms with Crippen molar-refractivity contribution in [3.63, 3.8) is 0 Å². The Morgan fingerprint density at radius 2 is 2.16 bits per heavy atom. The van der Waals surface area contributed by atoms with Crippen LogP contribution >= 0.6 is 0 Å². The smallest absolute Gasteiger partial charge is 0.304 e. The molecule has 0 amide bonds. The zero-order chi connectivity index (χ0) is 13.7. The minimum absolute atomic E-state index is 0.234. The van der Waals surface area contributed by atoms with Crippen molar-refractivity contribution < 1.29 is 9.90 Å². The second kappa shape index (κ2) is 6.63. The molecule has 2 rings (SSSR count). The van der Waals surface area contributed by atoms with Crippen molar-refractivity contribution in [3.05, 3.63) is 30.1 Å². The van der Waals surface area contributed by atoms with Gasteiger partial charge >= 0.3 is 5.97 Å². The predicted molar refractivity (Wildman–Crippen MR) is 72.9 cm³/mol. The minimum atomic E-state index is -0.717. The Morgan fingerprint density at radius 1 is 1.42 bits per heavy atom. The first-order chi connectivity index (χ1) is 9.16. The standard InChI is InChI=1S/C14H21N3O2/c1-12(13-3-2-5-15-11-13)17-9-7-16(8-10-17)6-4-14(18)19/h2-3,5,11-12H,4,6-10H2,1H3,(H,18,19). The van der Waals surface area contributed by atoms with Crippen LogP contribution in [0.2, 0.25) is 0 Å². The van der Waals surface area contributed by atoms with E-state index in [4.69, 9.17) is 5.11 Å². The molecule has 5 nitrogen and oxygen atoms in total. The Balaban J connectivity index is 1.81. The van der Waals surface area contributed by atoms with E-state index in [1.807, 2.05) is 12.3 Å². The molecule has 0 aliphatic carbocycles. The minimum Gasteiger partial charge on any atom is -0.481 e. The summed E-state index contributed by atoms with van der Waals surface area (Å²) in [7, 11) is 0. The highest BCUT2D eigenvalue weighted by Crippen LogP contribution is 2.20. The van der Waals surface area contributed by atoms with Gasteiger partial charge in [-0.2, -0.15) is 0 Å². The van der Waals surface area contributed by atoms with E-state index in [9.17, 15) is 4.79 Å². The lowest BCUT2D eigenvalue weighted by Gasteiger charge is -2.38. The monoisotopic (exact) mass is 263 g/mol. The van der Waals surface area contributed by atoms with Gasteiger partial charge < -0.3 is 10.0 Å². The lowest BCUT2D eigenvalue weighted by Crippen LogP contribution is -2.47. The highest BCUT2D eigenvalue weighted by molar-refractivity contribution is 5.66. The summed E-state index contributed by atoms with van der Waals surface area (Å²) in [6.07, 6.45) is 3.94. The zero-order valence-electron chi connectivity index (χ0n) is 11.3. The van der Waals surface area contributed by atoms with Crippen molar-refractivity contribution in [2.45, 2.75) is 19.4 Å².